The molecule has 0 saturated carbocycles. The molecule has 2 aromatic heterocycles. The largest absolute Gasteiger partial charge is 0.460 e. The molecule has 0 aliphatic carbocycles. The summed E-state index contributed by atoms with van der Waals surface area (Å²) in [4.78, 5) is 29.8. The van der Waals surface area contributed by atoms with E-state index in [2.05, 4.69) is 30.6 Å². The molecule has 3 rings (SSSR count). The average molecular weight is 421 g/mol. The first-order valence-electron chi connectivity index (χ1n) is 10.2. The predicted octanol–water partition coefficient (Wildman–Crippen LogP) is 4.38. The molecule has 162 valence electrons. The lowest BCUT2D eigenvalue weighted by Crippen LogP contribution is -2.24. The Bertz CT molecular complexity index is 1030. The molecule has 2 N–H and O–H groups in total. The van der Waals surface area contributed by atoms with Crippen molar-refractivity contribution in [2.75, 3.05) is 10.6 Å². The minimum Gasteiger partial charge on any atom is -0.460 e. The molecule has 31 heavy (non-hydrogen) atoms. The van der Waals surface area contributed by atoms with Crippen LogP contribution >= 0.6 is 0 Å². The third kappa shape index (κ3) is 7.02. The van der Waals surface area contributed by atoms with Crippen molar-refractivity contribution >= 4 is 23.6 Å². The molecule has 2 heterocycles. The van der Waals surface area contributed by atoms with Gasteiger partial charge >= 0.3 is 5.97 Å². The number of nitrogens with one attached hydrogen (secondary N) is 2. The standard InChI is InChI=1S/C23H28N6O2/c1-15(2)25-21-27-20(28-22(29-21)26-18-9-11-24-12-10-18)17-8-6-7-16(13-17)14-19(30)31-23(3,4)5/h6-13,15H,14H2,1-5H3,(H2,24,25,26,27,28,29). The zero-order valence-electron chi connectivity index (χ0n) is 18.5. The van der Waals surface area contributed by atoms with Gasteiger partial charge in [-0.25, -0.2) is 0 Å². The Morgan fingerprint density at radius 2 is 1.74 bits per heavy atom. The first-order valence-corrected chi connectivity index (χ1v) is 10.2. The van der Waals surface area contributed by atoms with Crippen LogP contribution in [0.4, 0.5) is 17.6 Å². The van der Waals surface area contributed by atoms with Crippen molar-refractivity contribution in [2.24, 2.45) is 0 Å². The van der Waals surface area contributed by atoms with Gasteiger partial charge in [-0.2, -0.15) is 15.0 Å². The molecule has 0 aliphatic rings. The summed E-state index contributed by atoms with van der Waals surface area (Å²) in [6, 6.07) is 11.4. The first-order chi connectivity index (χ1) is 14.7. The van der Waals surface area contributed by atoms with Crippen molar-refractivity contribution < 1.29 is 9.53 Å². The van der Waals surface area contributed by atoms with Gasteiger partial charge in [0.05, 0.1) is 6.42 Å². The summed E-state index contributed by atoms with van der Waals surface area (Å²) < 4.78 is 5.43. The summed E-state index contributed by atoms with van der Waals surface area (Å²) in [6.07, 6.45) is 3.56. The maximum absolute atomic E-state index is 12.2. The Balaban J connectivity index is 1.90. The highest BCUT2D eigenvalue weighted by Gasteiger charge is 2.17. The molecular formula is C23H28N6O2. The normalized spacial score (nSPS) is 11.3. The van der Waals surface area contributed by atoms with Crippen LogP contribution in [0.5, 0.6) is 0 Å². The zero-order chi connectivity index (χ0) is 22.4. The molecule has 8 heteroatoms. The number of hydrogen-bond acceptors (Lipinski definition) is 8. The Kier molecular flexibility index (Phi) is 6.79. The number of esters is 1. The molecule has 0 spiro atoms. The van der Waals surface area contributed by atoms with Gasteiger partial charge in [-0.1, -0.05) is 18.2 Å². The number of nitrogens with zero attached hydrogens (tertiary/aromatic N) is 4. The van der Waals surface area contributed by atoms with E-state index >= 15 is 0 Å². The van der Waals surface area contributed by atoms with Gasteiger partial charge in [0.1, 0.15) is 5.60 Å². The topological polar surface area (TPSA) is 102 Å². The number of rotatable bonds is 7. The van der Waals surface area contributed by atoms with Crippen molar-refractivity contribution in [1.29, 1.82) is 0 Å². The second kappa shape index (κ2) is 9.51. The molecule has 0 unspecified atom stereocenters. The summed E-state index contributed by atoms with van der Waals surface area (Å²) in [7, 11) is 0. The van der Waals surface area contributed by atoms with Crippen LogP contribution in [0.25, 0.3) is 11.4 Å². The molecule has 0 saturated heterocycles. The zero-order valence-corrected chi connectivity index (χ0v) is 18.5. The molecule has 1 aromatic carbocycles. The number of carbonyl (C=O) groups is 1. The fraction of sp³-hybridized carbons (Fsp3) is 0.348. The van der Waals surface area contributed by atoms with E-state index in [4.69, 9.17) is 4.74 Å². The second-order valence-corrected chi connectivity index (χ2v) is 8.43. The van der Waals surface area contributed by atoms with Crippen LogP contribution in [0.15, 0.2) is 48.8 Å². The smallest absolute Gasteiger partial charge is 0.310 e. The van der Waals surface area contributed by atoms with E-state index in [1.54, 1.807) is 12.4 Å². The number of carbonyl (C=O) groups excluding carboxylic acids is 1. The Morgan fingerprint density at radius 1 is 1.03 bits per heavy atom. The van der Waals surface area contributed by atoms with E-state index in [0.29, 0.717) is 17.7 Å². The predicted molar refractivity (Wildman–Crippen MR) is 121 cm³/mol. The molecule has 0 bridgehead atoms. The minimum absolute atomic E-state index is 0.155. The van der Waals surface area contributed by atoms with Crippen molar-refractivity contribution in [1.82, 2.24) is 19.9 Å². The fourth-order valence-corrected chi connectivity index (χ4v) is 2.81. The van der Waals surface area contributed by atoms with Crippen molar-refractivity contribution in [3.05, 3.63) is 54.4 Å². The molecular weight excluding hydrogens is 392 g/mol. The van der Waals surface area contributed by atoms with Gasteiger partial charge in [0.2, 0.25) is 11.9 Å². The highest BCUT2D eigenvalue weighted by atomic mass is 16.6. The number of pyridine rings is 1. The summed E-state index contributed by atoms with van der Waals surface area (Å²) in [6.45, 7) is 9.59. The van der Waals surface area contributed by atoms with Gasteiger partial charge in [0.15, 0.2) is 5.82 Å². The van der Waals surface area contributed by atoms with Crippen LogP contribution in [0.1, 0.15) is 40.2 Å². The molecule has 0 fully saturated rings. The number of anilines is 3. The van der Waals surface area contributed by atoms with Gasteiger partial charge < -0.3 is 15.4 Å². The highest BCUT2D eigenvalue weighted by molar-refractivity contribution is 5.74. The molecule has 0 aliphatic heterocycles. The van der Waals surface area contributed by atoms with E-state index in [1.807, 2.05) is 71.0 Å². The van der Waals surface area contributed by atoms with E-state index in [1.165, 1.54) is 0 Å². The number of ether oxygens (including phenoxy) is 1. The van der Waals surface area contributed by atoms with Crippen LogP contribution < -0.4 is 10.6 Å². The van der Waals surface area contributed by atoms with Crippen molar-refractivity contribution in [3.8, 4) is 11.4 Å². The molecule has 0 amide bonds. The summed E-state index contributed by atoms with van der Waals surface area (Å²) >= 11 is 0. The van der Waals surface area contributed by atoms with Gasteiger partial charge in [0.25, 0.3) is 0 Å². The molecule has 8 nitrogen and oxygen atoms in total. The summed E-state index contributed by atoms with van der Waals surface area (Å²) in [5.41, 5.74) is 1.91. The third-order valence-electron chi connectivity index (χ3n) is 3.94. The summed E-state index contributed by atoms with van der Waals surface area (Å²) in [5.74, 6) is 1.11. The van der Waals surface area contributed by atoms with E-state index in [-0.39, 0.29) is 18.4 Å². The number of hydrogen-bond donors (Lipinski definition) is 2. The monoisotopic (exact) mass is 420 g/mol. The van der Waals surface area contributed by atoms with Crippen LogP contribution in [0.3, 0.4) is 0 Å². The van der Waals surface area contributed by atoms with E-state index in [9.17, 15) is 4.79 Å². The quantitative estimate of drug-likeness (QED) is 0.543. The van der Waals surface area contributed by atoms with Crippen molar-refractivity contribution in [3.63, 3.8) is 0 Å². The summed E-state index contributed by atoms with van der Waals surface area (Å²) in [5, 5.41) is 6.41. The Morgan fingerprint density at radius 3 is 2.42 bits per heavy atom. The van der Waals surface area contributed by atoms with Gasteiger partial charge in [-0.3, -0.25) is 9.78 Å². The molecule has 3 aromatic rings. The van der Waals surface area contributed by atoms with Crippen LogP contribution in [-0.2, 0) is 16.0 Å². The molecule has 0 radical (unpaired) electrons. The average Bonchev–Trinajstić information content (AvgIpc) is 2.67. The second-order valence-electron chi connectivity index (χ2n) is 8.43. The lowest BCUT2D eigenvalue weighted by molar-refractivity contribution is -0.153. The lowest BCUT2D eigenvalue weighted by atomic mass is 10.1. The maximum Gasteiger partial charge on any atom is 0.310 e. The first kappa shape index (κ1) is 22.1. The maximum atomic E-state index is 12.2. The van der Waals surface area contributed by atoms with Gasteiger partial charge in [0, 0.05) is 29.7 Å². The van der Waals surface area contributed by atoms with Crippen LogP contribution in [0, 0.1) is 0 Å². The Labute approximate surface area is 182 Å². The SMILES string of the molecule is CC(C)Nc1nc(Nc2ccncc2)nc(-c2cccc(CC(=O)OC(C)(C)C)c2)n1. The number of benzene rings is 1. The van der Waals surface area contributed by atoms with Crippen molar-refractivity contribution in [2.45, 2.75) is 52.7 Å². The van der Waals surface area contributed by atoms with Crippen LogP contribution in [0.2, 0.25) is 0 Å². The lowest BCUT2D eigenvalue weighted by Gasteiger charge is -2.19. The van der Waals surface area contributed by atoms with Gasteiger partial charge in [-0.15, -0.1) is 0 Å². The highest BCUT2D eigenvalue weighted by Crippen LogP contribution is 2.22. The van der Waals surface area contributed by atoms with Gasteiger partial charge in [-0.05, 0) is 58.4 Å². The van der Waals surface area contributed by atoms with E-state index in [0.717, 1.165) is 16.8 Å². The van der Waals surface area contributed by atoms with Crippen LogP contribution in [-0.4, -0.2) is 37.5 Å². The Hall–Kier alpha value is -3.55. The fourth-order valence-electron chi connectivity index (χ4n) is 2.81. The number of aromatic nitrogens is 4. The minimum atomic E-state index is -0.520. The third-order valence-corrected chi connectivity index (χ3v) is 3.94. The molecule has 0 atom stereocenters. The van der Waals surface area contributed by atoms with E-state index < -0.39 is 5.60 Å².